The summed E-state index contributed by atoms with van der Waals surface area (Å²) in [6.07, 6.45) is 0. The van der Waals surface area contributed by atoms with Crippen LogP contribution in [0.2, 0.25) is 0 Å². The number of hydrogen-bond donors (Lipinski definition) is 2. The van der Waals surface area contributed by atoms with Crippen molar-refractivity contribution in [1.29, 1.82) is 0 Å². The first-order valence-corrected chi connectivity index (χ1v) is 7.60. The van der Waals surface area contributed by atoms with Crippen molar-refractivity contribution >= 4 is 22.4 Å². The summed E-state index contributed by atoms with van der Waals surface area (Å²) in [4.78, 5) is 25.1. The van der Waals surface area contributed by atoms with Crippen molar-refractivity contribution in [2.75, 3.05) is 5.32 Å². The minimum Gasteiger partial charge on any atom is -0.494 e. The van der Waals surface area contributed by atoms with Gasteiger partial charge in [-0.3, -0.25) is 14.2 Å². The molecule has 3 rings (SSSR count). The number of nitrogens with zero attached hydrogens (tertiary/aromatic N) is 1. The Morgan fingerprint density at radius 2 is 1.58 bits per heavy atom. The van der Waals surface area contributed by atoms with Gasteiger partial charge in [0.2, 0.25) is 5.88 Å². The number of benzene rings is 2. The number of aromatic hydroxyl groups is 1. The second-order valence-electron chi connectivity index (χ2n) is 5.83. The van der Waals surface area contributed by atoms with Crippen LogP contribution in [0.3, 0.4) is 0 Å². The molecule has 0 bridgehead atoms. The van der Waals surface area contributed by atoms with Gasteiger partial charge in [-0.2, -0.15) is 0 Å². The molecule has 0 fully saturated rings. The first-order chi connectivity index (χ1) is 11.4. The fourth-order valence-electron chi connectivity index (χ4n) is 2.86. The van der Waals surface area contributed by atoms with E-state index in [2.05, 4.69) is 5.32 Å². The van der Waals surface area contributed by atoms with E-state index in [0.717, 1.165) is 15.7 Å². The fourth-order valence-corrected chi connectivity index (χ4v) is 2.86. The van der Waals surface area contributed by atoms with Crippen LogP contribution in [-0.4, -0.2) is 15.6 Å². The minimum absolute atomic E-state index is 0.0929. The second kappa shape index (κ2) is 5.85. The normalized spacial score (nSPS) is 10.8. The Kier molecular flexibility index (Phi) is 3.85. The number of aromatic nitrogens is 1. The van der Waals surface area contributed by atoms with Crippen molar-refractivity contribution in [3.05, 3.63) is 69.5 Å². The Balaban J connectivity index is 2.19. The van der Waals surface area contributed by atoms with E-state index < -0.39 is 5.91 Å². The molecule has 5 heteroatoms. The van der Waals surface area contributed by atoms with Crippen molar-refractivity contribution in [2.24, 2.45) is 7.05 Å². The zero-order valence-electron chi connectivity index (χ0n) is 13.8. The van der Waals surface area contributed by atoms with Crippen molar-refractivity contribution < 1.29 is 9.90 Å². The van der Waals surface area contributed by atoms with Crippen molar-refractivity contribution in [3.8, 4) is 5.88 Å². The Hall–Kier alpha value is -3.08. The molecule has 5 nitrogen and oxygen atoms in total. The molecule has 0 spiro atoms. The number of hydrogen-bond acceptors (Lipinski definition) is 3. The maximum Gasteiger partial charge on any atom is 0.261 e. The number of rotatable bonds is 2. The van der Waals surface area contributed by atoms with E-state index in [-0.39, 0.29) is 17.0 Å². The van der Waals surface area contributed by atoms with E-state index in [1.54, 1.807) is 24.3 Å². The number of carbonyl (C=O) groups is 1. The highest BCUT2D eigenvalue weighted by Crippen LogP contribution is 2.27. The largest absolute Gasteiger partial charge is 0.494 e. The number of fused-ring (bicyclic) bond motifs is 1. The first-order valence-electron chi connectivity index (χ1n) is 7.60. The van der Waals surface area contributed by atoms with Crippen molar-refractivity contribution in [1.82, 2.24) is 4.57 Å². The van der Waals surface area contributed by atoms with Crippen molar-refractivity contribution in [2.45, 2.75) is 13.8 Å². The summed E-state index contributed by atoms with van der Waals surface area (Å²) >= 11 is 0. The lowest BCUT2D eigenvalue weighted by Gasteiger charge is -2.15. The van der Waals surface area contributed by atoms with E-state index in [9.17, 15) is 14.7 Å². The Labute approximate surface area is 139 Å². The van der Waals surface area contributed by atoms with Gasteiger partial charge in [0.25, 0.3) is 11.5 Å². The number of anilines is 1. The molecular formula is C19H18N2O3. The molecule has 0 saturated heterocycles. The van der Waals surface area contributed by atoms with E-state index in [4.69, 9.17) is 0 Å². The maximum atomic E-state index is 12.8. The summed E-state index contributed by atoms with van der Waals surface area (Å²) in [5.74, 6) is -0.792. The molecule has 1 amide bonds. The molecule has 0 aliphatic heterocycles. The second-order valence-corrected chi connectivity index (χ2v) is 5.83. The molecule has 24 heavy (non-hydrogen) atoms. The zero-order chi connectivity index (χ0) is 17.4. The van der Waals surface area contributed by atoms with Gasteiger partial charge in [0.15, 0.2) is 0 Å². The third kappa shape index (κ3) is 2.44. The summed E-state index contributed by atoms with van der Waals surface area (Å²) in [5, 5.41) is 14.1. The van der Waals surface area contributed by atoms with Gasteiger partial charge in [-0.15, -0.1) is 0 Å². The van der Waals surface area contributed by atoms with Gasteiger partial charge in [-0.25, -0.2) is 0 Å². The maximum absolute atomic E-state index is 12.8. The summed E-state index contributed by atoms with van der Waals surface area (Å²) in [6, 6.07) is 12.5. The van der Waals surface area contributed by atoms with E-state index in [1.807, 2.05) is 32.0 Å². The van der Waals surface area contributed by atoms with Gasteiger partial charge in [-0.05, 0) is 31.0 Å². The predicted octanol–water partition coefficient (Wildman–Crippen LogP) is 3.11. The lowest BCUT2D eigenvalue weighted by molar-refractivity contribution is 0.102. The van der Waals surface area contributed by atoms with E-state index in [0.29, 0.717) is 16.5 Å². The van der Waals surface area contributed by atoms with Crippen LogP contribution < -0.4 is 10.9 Å². The summed E-state index contributed by atoms with van der Waals surface area (Å²) in [6.45, 7) is 3.81. The van der Waals surface area contributed by atoms with Crippen LogP contribution in [0, 0.1) is 13.8 Å². The van der Waals surface area contributed by atoms with Crippen LogP contribution in [0.25, 0.3) is 10.8 Å². The third-order valence-corrected chi connectivity index (χ3v) is 4.22. The molecule has 1 aromatic heterocycles. The first kappa shape index (κ1) is 15.8. The standard InChI is InChI=1S/C19H18N2O3/c1-11-7-6-8-12(2)16(11)20-17(22)15-13-9-4-5-10-14(13)18(23)21(3)19(15)24/h4-10,24H,1-3H3,(H,20,22). The summed E-state index contributed by atoms with van der Waals surface area (Å²) < 4.78 is 1.09. The van der Waals surface area contributed by atoms with Crippen LogP contribution in [0.4, 0.5) is 5.69 Å². The molecule has 0 atom stereocenters. The number of carbonyl (C=O) groups excluding carboxylic acids is 1. The highest BCUT2D eigenvalue weighted by molar-refractivity contribution is 6.14. The van der Waals surface area contributed by atoms with Gasteiger partial charge in [0.05, 0.1) is 0 Å². The Morgan fingerprint density at radius 1 is 1.00 bits per heavy atom. The van der Waals surface area contributed by atoms with E-state index in [1.165, 1.54) is 7.05 Å². The molecule has 0 aliphatic carbocycles. The molecule has 2 N–H and O–H groups in total. The average Bonchev–Trinajstić information content (AvgIpc) is 2.56. The molecule has 0 saturated carbocycles. The topological polar surface area (TPSA) is 71.3 Å². The molecule has 2 aromatic carbocycles. The molecule has 0 aliphatic rings. The smallest absolute Gasteiger partial charge is 0.261 e. The number of pyridine rings is 1. The molecule has 122 valence electrons. The molecule has 3 aromatic rings. The Bertz CT molecular complexity index is 999. The lowest BCUT2D eigenvalue weighted by atomic mass is 10.0. The lowest BCUT2D eigenvalue weighted by Crippen LogP contribution is -2.22. The van der Waals surface area contributed by atoms with Gasteiger partial charge in [0.1, 0.15) is 5.56 Å². The van der Waals surface area contributed by atoms with E-state index >= 15 is 0 Å². The molecule has 0 unspecified atom stereocenters. The highest BCUT2D eigenvalue weighted by Gasteiger charge is 2.21. The summed E-state index contributed by atoms with van der Waals surface area (Å²) in [5.41, 5.74) is 2.32. The number of amides is 1. The van der Waals surface area contributed by atoms with Crippen LogP contribution in [0.15, 0.2) is 47.3 Å². The minimum atomic E-state index is -0.447. The van der Waals surface area contributed by atoms with Crippen LogP contribution >= 0.6 is 0 Å². The monoisotopic (exact) mass is 322 g/mol. The Morgan fingerprint density at radius 3 is 2.21 bits per heavy atom. The van der Waals surface area contributed by atoms with Crippen LogP contribution in [0.5, 0.6) is 5.88 Å². The number of para-hydroxylation sites is 1. The predicted molar refractivity (Wildman–Crippen MR) is 94.7 cm³/mol. The number of aryl methyl sites for hydroxylation is 2. The molecular weight excluding hydrogens is 304 g/mol. The average molecular weight is 322 g/mol. The zero-order valence-corrected chi connectivity index (χ0v) is 13.8. The van der Waals surface area contributed by atoms with Crippen LogP contribution in [0.1, 0.15) is 21.5 Å². The highest BCUT2D eigenvalue weighted by atomic mass is 16.3. The fraction of sp³-hybridized carbons (Fsp3) is 0.158. The number of nitrogens with one attached hydrogen (secondary N) is 1. The molecule has 0 radical (unpaired) electrons. The van der Waals surface area contributed by atoms with Gasteiger partial charge < -0.3 is 10.4 Å². The molecule has 1 heterocycles. The SMILES string of the molecule is Cc1cccc(C)c1NC(=O)c1c(O)n(C)c(=O)c2ccccc12. The van der Waals surface area contributed by atoms with Crippen LogP contribution in [-0.2, 0) is 7.05 Å². The van der Waals surface area contributed by atoms with Gasteiger partial charge in [-0.1, -0.05) is 36.4 Å². The van der Waals surface area contributed by atoms with Crippen molar-refractivity contribution in [3.63, 3.8) is 0 Å². The third-order valence-electron chi connectivity index (χ3n) is 4.22. The van der Waals surface area contributed by atoms with Gasteiger partial charge >= 0.3 is 0 Å². The summed E-state index contributed by atoms with van der Waals surface area (Å²) in [7, 11) is 1.44. The quantitative estimate of drug-likeness (QED) is 0.761. The van der Waals surface area contributed by atoms with Gasteiger partial charge in [0, 0.05) is 23.5 Å².